The van der Waals surface area contributed by atoms with Gasteiger partial charge in [-0.25, -0.2) is 0 Å². The van der Waals surface area contributed by atoms with Crippen molar-refractivity contribution in [2.45, 2.75) is 13.0 Å². The Bertz CT molecular complexity index is 621. The zero-order chi connectivity index (χ0) is 18.1. The number of carboxylic acid groups (broad SMARTS) is 1. The highest BCUT2D eigenvalue weighted by Crippen LogP contribution is 1.95. The molecule has 0 spiro atoms. The molecule has 0 fully saturated rings. The Balaban J connectivity index is 0.000000515. The van der Waals surface area contributed by atoms with Crippen molar-refractivity contribution in [3.8, 4) is 0 Å². The van der Waals surface area contributed by atoms with Crippen LogP contribution in [0.15, 0.2) is 31.0 Å². The smallest absolute Gasteiger partial charge is 0.265 e. The molecule has 0 aliphatic heterocycles. The quantitative estimate of drug-likeness (QED) is 0.402. The van der Waals surface area contributed by atoms with E-state index in [1.165, 1.54) is 0 Å². The summed E-state index contributed by atoms with van der Waals surface area (Å²) in [5.74, 6) is -1.22. The molecule has 1 heterocycles. The molecule has 0 aliphatic rings. The molecule has 130 valence electrons. The number of carbonyl (C=O) groups is 1. The first-order valence-corrected chi connectivity index (χ1v) is 8.62. The van der Waals surface area contributed by atoms with Crippen molar-refractivity contribution in [2.75, 3.05) is 33.4 Å². The number of aliphatic carboxylic acids is 1. The molecule has 1 N–H and O–H groups in total. The molecular formula is C15H25N2O5S+. The van der Waals surface area contributed by atoms with Gasteiger partial charge in [0, 0.05) is 24.6 Å². The minimum Gasteiger partial charge on any atom is -0.544 e. The van der Waals surface area contributed by atoms with Crippen LogP contribution >= 0.6 is 0 Å². The summed E-state index contributed by atoms with van der Waals surface area (Å²) in [6.07, 6.45) is 3.93. The van der Waals surface area contributed by atoms with Crippen molar-refractivity contribution in [1.82, 2.24) is 0 Å². The number of likely N-dealkylation sites (N-methyl/N-ethyl adjacent to an activating group) is 1. The number of pyridine rings is 1. The minimum absolute atomic E-state index is 0.0694. The number of aryl methyl sites for hydroxylation is 1. The maximum absolute atomic E-state index is 10.5. The molecule has 0 saturated carbocycles. The fourth-order valence-electron chi connectivity index (χ4n) is 1.68. The number of carbonyl (C=O) groups excluding carboxylic acids is 1. The molecule has 0 saturated heterocycles. The average molecular weight is 345 g/mol. The molecule has 1 aromatic rings. The highest BCUT2D eigenvalue weighted by molar-refractivity contribution is 7.85. The Labute approximate surface area is 137 Å². The van der Waals surface area contributed by atoms with E-state index in [4.69, 9.17) is 4.55 Å². The predicted octanol–water partition coefficient (Wildman–Crippen LogP) is -0.662. The van der Waals surface area contributed by atoms with E-state index in [0.29, 0.717) is 17.4 Å². The van der Waals surface area contributed by atoms with E-state index in [-0.39, 0.29) is 12.3 Å². The fraction of sp³-hybridized carbons (Fsp3) is 0.467. The molecule has 8 heteroatoms. The largest absolute Gasteiger partial charge is 0.544 e. The molecule has 0 atom stereocenters. The summed E-state index contributed by atoms with van der Waals surface area (Å²) < 4.78 is 31.9. The van der Waals surface area contributed by atoms with Crippen molar-refractivity contribution in [2.24, 2.45) is 0 Å². The van der Waals surface area contributed by atoms with Crippen LogP contribution in [-0.4, -0.2) is 56.9 Å². The number of hydrogen-bond acceptors (Lipinski definition) is 4. The van der Waals surface area contributed by atoms with Gasteiger partial charge in [-0.05, 0) is 6.07 Å². The maximum atomic E-state index is 10.5. The van der Waals surface area contributed by atoms with Crippen molar-refractivity contribution in [3.05, 3.63) is 36.7 Å². The van der Waals surface area contributed by atoms with Crippen molar-refractivity contribution >= 4 is 22.2 Å². The summed E-state index contributed by atoms with van der Waals surface area (Å²) >= 11 is 0. The summed E-state index contributed by atoms with van der Waals surface area (Å²) in [7, 11) is 1.55. The first kappa shape index (κ1) is 21.2. The Hall–Kier alpha value is -1.77. The molecule has 23 heavy (non-hydrogen) atoms. The lowest BCUT2D eigenvalue weighted by Gasteiger charge is -2.23. The lowest BCUT2D eigenvalue weighted by Crippen LogP contribution is -2.45. The summed E-state index contributed by atoms with van der Waals surface area (Å²) in [4.78, 5) is 9.89. The topological polar surface area (TPSA) is 98.4 Å². The third kappa shape index (κ3) is 12.5. The van der Waals surface area contributed by atoms with Crippen LogP contribution in [0.5, 0.6) is 0 Å². The number of aromatic nitrogens is 1. The Morgan fingerprint density at radius 2 is 2.00 bits per heavy atom. The van der Waals surface area contributed by atoms with Crippen LogP contribution in [0, 0.1) is 0 Å². The standard InChI is InChI=1S/C10H13NO3S.C5H11NO2/c1-2-10-6-3-4-7-11(10)8-5-9-15(12,13)14;1-6(2,3)4-5(7)8/h2-4,6-7H,1,5,8-9H2;4H2,1-3H3/p+1. The van der Waals surface area contributed by atoms with Crippen LogP contribution in [0.1, 0.15) is 12.1 Å². The molecule has 0 aromatic carbocycles. The van der Waals surface area contributed by atoms with E-state index in [9.17, 15) is 18.3 Å². The molecule has 7 nitrogen and oxygen atoms in total. The van der Waals surface area contributed by atoms with Crippen molar-refractivity contribution in [3.63, 3.8) is 0 Å². The maximum Gasteiger partial charge on any atom is 0.265 e. The van der Waals surface area contributed by atoms with Crippen LogP contribution in [-0.2, 0) is 21.5 Å². The molecule has 0 aliphatic carbocycles. The normalized spacial score (nSPS) is 11.3. The molecule has 1 rings (SSSR count). The van der Waals surface area contributed by atoms with Gasteiger partial charge in [0.2, 0.25) is 5.69 Å². The minimum atomic E-state index is -3.85. The lowest BCUT2D eigenvalue weighted by atomic mass is 10.3. The van der Waals surface area contributed by atoms with Gasteiger partial charge in [-0.2, -0.15) is 13.0 Å². The fourth-order valence-corrected chi connectivity index (χ4v) is 2.18. The van der Waals surface area contributed by atoms with Gasteiger partial charge < -0.3 is 14.4 Å². The van der Waals surface area contributed by atoms with Gasteiger partial charge in [0.25, 0.3) is 10.1 Å². The SMILES string of the molecule is C=Cc1cccc[n+]1CCCS(=O)(=O)O.C[N+](C)(C)CC(=O)[O-]. The van der Waals surface area contributed by atoms with Crippen LogP contribution < -0.4 is 9.67 Å². The van der Waals surface area contributed by atoms with Crippen molar-refractivity contribution in [1.29, 1.82) is 0 Å². The van der Waals surface area contributed by atoms with Crippen molar-refractivity contribution < 1.29 is 31.9 Å². The lowest BCUT2D eigenvalue weighted by molar-refractivity contribution is -0.864. The van der Waals surface area contributed by atoms with E-state index in [0.717, 1.165) is 5.69 Å². The molecule has 0 radical (unpaired) electrons. The van der Waals surface area contributed by atoms with E-state index >= 15 is 0 Å². The summed E-state index contributed by atoms with van der Waals surface area (Å²) in [5.41, 5.74) is 0.924. The second-order valence-electron chi connectivity index (χ2n) is 5.98. The van der Waals surface area contributed by atoms with Gasteiger partial charge >= 0.3 is 0 Å². The van der Waals surface area contributed by atoms with Gasteiger partial charge in [0.1, 0.15) is 13.1 Å². The average Bonchev–Trinajstić information content (AvgIpc) is 2.35. The summed E-state index contributed by atoms with van der Waals surface area (Å²) in [6, 6.07) is 5.64. The Morgan fingerprint density at radius 3 is 2.39 bits per heavy atom. The molecule has 0 amide bonds. The van der Waals surface area contributed by atoms with Gasteiger partial charge in [0.05, 0.1) is 32.9 Å². The Morgan fingerprint density at radius 1 is 1.39 bits per heavy atom. The first-order valence-electron chi connectivity index (χ1n) is 7.01. The number of quaternary nitrogens is 1. The second kappa shape index (κ2) is 9.39. The Kier molecular flexibility index (Phi) is 8.66. The number of hydrogen-bond donors (Lipinski definition) is 1. The third-order valence-electron chi connectivity index (χ3n) is 2.59. The van der Waals surface area contributed by atoms with E-state index in [2.05, 4.69) is 6.58 Å². The van der Waals surface area contributed by atoms with E-state index in [1.807, 2.05) is 29.0 Å². The van der Waals surface area contributed by atoms with Crippen LogP contribution in [0.3, 0.4) is 0 Å². The zero-order valence-electron chi connectivity index (χ0n) is 13.8. The highest BCUT2D eigenvalue weighted by Gasteiger charge is 2.09. The van der Waals surface area contributed by atoms with E-state index in [1.54, 1.807) is 27.2 Å². The van der Waals surface area contributed by atoms with Crippen LogP contribution in [0.4, 0.5) is 0 Å². The van der Waals surface area contributed by atoms with Crippen LogP contribution in [0.2, 0.25) is 0 Å². The van der Waals surface area contributed by atoms with Gasteiger partial charge in [-0.1, -0.05) is 6.58 Å². The number of nitrogens with zero attached hydrogens (tertiary/aromatic N) is 2. The number of carboxylic acids is 1. The summed E-state index contributed by atoms with van der Waals surface area (Å²) in [6.45, 7) is 4.27. The summed E-state index contributed by atoms with van der Waals surface area (Å²) in [5, 5.41) is 9.89. The monoisotopic (exact) mass is 345 g/mol. The number of rotatable bonds is 7. The third-order valence-corrected chi connectivity index (χ3v) is 3.39. The first-order chi connectivity index (χ1) is 10.4. The van der Waals surface area contributed by atoms with E-state index < -0.39 is 16.1 Å². The molecule has 0 bridgehead atoms. The molecular weight excluding hydrogens is 320 g/mol. The zero-order valence-corrected chi connectivity index (χ0v) is 14.6. The predicted molar refractivity (Wildman–Crippen MR) is 85.7 cm³/mol. The van der Waals surface area contributed by atoms with Crippen LogP contribution in [0.25, 0.3) is 6.08 Å². The van der Waals surface area contributed by atoms with Gasteiger partial charge in [0.15, 0.2) is 6.20 Å². The molecule has 0 unspecified atom stereocenters. The second-order valence-corrected chi connectivity index (χ2v) is 7.56. The molecule has 1 aromatic heterocycles. The van der Waals surface area contributed by atoms with Gasteiger partial charge in [-0.15, -0.1) is 0 Å². The van der Waals surface area contributed by atoms with Gasteiger partial charge in [-0.3, -0.25) is 4.55 Å². The highest BCUT2D eigenvalue weighted by atomic mass is 32.2.